The first kappa shape index (κ1) is 15.0. The van der Waals surface area contributed by atoms with Gasteiger partial charge in [0, 0.05) is 28.9 Å². The van der Waals surface area contributed by atoms with Gasteiger partial charge in [0.15, 0.2) is 5.16 Å². The Morgan fingerprint density at radius 1 is 1.25 bits per heavy atom. The maximum absolute atomic E-state index is 4.34. The number of rotatable bonds is 4. The number of aryl methyl sites for hydroxylation is 2. The Kier molecular flexibility index (Phi) is 3.82. The molecule has 4 aromatic rings. The van der Waals surface area contributed by atoms with Gasteiger partial charge >= 0.3 is 0 Å². The van der Waals surface area contributed by atoms with Crippen molar-refractivity contribution in [1.82, 2.24) is 34.1 Å². The summed E-state index contributed by atoms with van der Waals surface area (Å²) in [5, 5.41) is 13.7. The molecule has 120 valence electrons. The Balaban J connectivity index is 1.71. The normalized spacial score (nSPS) is 11.1. The number of hydrogen-bond acceptors (Lipinski definition) is 9. The minimum atomic E-state index is 0.705. The van der Waals surface area contributed by atoms with Crippen LogP contribution in [-0.4, -0.2) is 34.1 Å². The summed E-state index contributed by atoms with van der Waals surface area (Å²) in [6, 6.07) is 6.00. The van der Waals surface area contributed by atoms with E-state index in [4.69, 9.17) is 0 Å². The third-order valence-corrected chi connectivity index (χ3v) is 5.00. The minimum absolute atomic E-state index is 0.705. The highest BCUT2D eigenvalue weighted by molar-refractivity contribution is 7.99. The largest absolute Gasteiger partial charge is 0.314 e. The van der Waals surface area contributed by atoms with Gasteiger partial charge in [0.25, 0.3) is 0 Å². The average Bonchev–Trinajstić information content (AvgIpc) is 3.17. The molecule has 0 aliphatic carbocycles. The Morgan fingerprint density at radius 2 is 2.17 bits per heavy atom. The molecule has 0 fully saturated rings. The molecular formula is C14H12N8S2. The maximum Gasteiger partial charge on any atom is 0.208 e. The van der Waals surface area contributed by atoms with Gasteiger partial charge in [-0.3, -0.25) is 0 Å². The topological polar surface area (TPSA) is 94.3 Å². The lowest BCUT2D eigenvalue weighted by atomic mass is 10.2. The van der Waals surface area contributed by atoms with Crippen molar-refractivity contribution in [3.8, 4) is 0 Å². The highest BCUT2D eigenvalue weighted by atomic mass is 32.2. The number of hydrogen-bond donors (Lipinski definition) is 1. The molecule has 3 aromatic heterocycles. The lowest BCUT2D eigenvalue weighted by molar-refractivity contribution is 0.788. The molecule has 0 spiro atoms. The van der Waals surface area contributed by atoms with Crippen LogP contribution in [0.5, 0.6) is 0 Å². The van der Waals surface area contributed by atoms with E-state index < -0.39 is 0 Å². The number of aromatic nitrogens is 7. The molecule has 0 bridgehead atoms. The molecule has 1 N–H and O–H groups in total. The second-order valence-corrected chi connectivity index (χ2v) is 6.79. The van der Waals surface area contributed by atoms with Gasteiger partial charge in [-0.05, 0) is 36.9 Å². The molecule has 0 aliphatic rings. The van der Waals surface area contributed by atoms with Crippen LogP contribution in [-0.2, 0) is 7.05 Å². The van der Waals surface area contributed by atoms with Gasteiger partial charge < -0.3 is 9.88 Å². The van der Waals surface area contributed by atoms with E-state index in [1.54, 1.807) is 6.33 Å². The van der Waals surface area contributed by atoms with Crippen LogP contribution in [0.4, 0.5) is 10.9 Å². The minimum Gasteiger partial charge on any atom is -0.314 e. The third-order valence-electron chi connectivity index (χ3n) is 3.24. The SMILES string of the molecule is Cc1nsc(Nc2ncnc3ccc(Sc4nncn4C)cc23)n1. The molecule has 0 aliphatic heterocycles. The molecule has 0 amide bonds. The second kappa shape index (κ2) is 6.13. The summed E-state index contributed by atoms with van der Waals surface area (Å²) < 4.78 is 6.05. The fourth-order valence-electron chi connectivity index (χ4n) is 2.12. The first-order chi connectivity index (χ1) is 11.7. The summed E-state index contributed by atoms with van der Waals surface area (Å²) in [6.07, 6.45) is 3.21. The fourth-order valence-corrected chi connectivity index (χ4v) is 3.50. The van der Waals surface area contributed by atoms with E-state index in [1.807, 2.05) is 36.7 Å². The summed E-state index contributed by atoms with van der Waals surface area (Å²) >= 11 is 2.84. The second-order valence-electron chi connectivity index (χ2n) is 5.00. The van der Waals surface area contributed by atoms with Crippen molar-refractivity contribution in [2.75, 3.05) is 5.32 Å². The average molecular weight is 356 g/mol. The number of benzene rings is 1. The summed E-state index contributed by atoms with van der Waals surface area (Å²) in [5.41, 5.74) is 0.857. The van der Waals surface area contributed by atoms with Crippen molar-refractivity contribution in [2.45, 2.75) is 17.0 Å². The van der Waals surface area contributed by atoms with Gasteiger partial charge in [-0.1, -0.05) is 0 Å². The van der Waals surface area contributed by atoms with Gasteiger partial charge in [-0.15, -0.1) is 10.2 Å². The maximum atomic E-state index is 4.34. The van der Waals surface area contributed by atoms with Crippen LogP contribution in [0, 0.1) is 6.92 Å². The van der Waals surface area contributed by atoms with E-state index in [0.717, 1.165) is 26.8 Å². The molecule has 0 saturated heterocycles. The predicted octanol–water partition coefficient (Wildman–Crippen LogP) is 2.81. The zero-order chi connectivity index (χ0) is 16.5. The summed E-state index contributed by atoms with van der Waals surface area (Å²) in [5.74, 6) is 1.44. The van der Waals surface area contributed by atoms with E-state index >= 15 is 0 Å². The smallest absolute Gasteiger partial charge is 0.208 e. The standard InChI is InChI=1S/C14H12N8S2/c1-8-18-13(24-21-8)19-12-10-5-9(3-4-11(10)15-6-16-12)23-14-20-17-7-22(14)2/h3-7H,1-2H3,(H,15,16,18,19,21). The van der Waals surface area contributed by atoms with Crippen LogP contribution in [0.15, 0.2) is 40.9 Å². The molecule has 10 heteroatoms. The number of nitrogens with one attached hydrogen (secondary N) is 1. The van der Waals surface area contributed by atoms with Gasteiger partial charge in [0.2, 0.25) is 5.13 Å². The molecule has 3 heterocycles. The quantitative estimate of drug-likeness (QED) is 0.596. The van der Waals surface area contributed by atoms with Crippen LogP contribution in [0.25, 0.3) is 10.9 Å². The fraction of sp³-hybridized carbons (Fsp3) is 0.143. The van der Waals surface area contributed by atoms with Crippen LogP contribution in [0.2, 0.25) is 0 Å². The van der Waals surface area contributed by atoms with Crippen molar-refractivity contribution >= 4 is 45.1 Å². The lowest BCUT2D eigenvalue weighted by Crippen LogP contribution is -1.96. The predicted molar refractivity (Wildman–Crippen MR) is 92.6 cm³/mol. The van der Waals surface area contributed by atoms with E-state index in [9.17, 15) is 0 Å². The van der Waals surface area contributed by atoms with E-state index in [0.29, 0.717) is 10.9 Å². The van der Waals surface area contributed by atoms with Crippen molar-refractivity contribution in [3.63, 3.8) is 0 Å². The van der Waals surface area contributed by atoms with Gasteiger partial charge in [0.05, 0.1) is 5.52 Å². The number of anilines is 2. The van der Waals surface area contributed by atoms with Crippen LogP contribution in [0.3, 0.4) is 0 Å². The Bertz CT molecular complexity index is 1010. The lowest BCUT2D eigenvalue weighted by Gasteiger charge is -2.07. The molecule has 0 saturated carbocycles. The van der Waals surface area contributed by atoms with E-state index in [-0.39, 0.29) is 0 Å². The number of fused-ring (bicyclic) bond motifs is 1. The van der Waals surface area contributed by atoms with Gasteiger partial charge in [-0.2, -0.15) is 4.37 Å². The van der Waals surface area contributed by atoms with E-state index in [2.05, 4.69) is 34.8 Å². The molecule has 4 rings (SSSR count). The highest BCUT2D eigenvalue weighted by Gasteiger charge is 2.10. The molecule has 0 radical (unpaired) electrons. The van der Waals surface area contributed by atoms with Crippen molar-refractivity contribution in [3.05, 3.63) is 36.7 Å². The van der Waals surface area contributed by atoms with E-state index in [1.165, 1.54) is 29.6 Å². The van der Waals surface area contributed by atoms with Crippen LogP contribution in [0.1, 0.15) is 5.82 Å². The molecule has 1 aromatic carbocycles. The summed E-state index contributed by atoms with van der Waals surface area (Å²) in [6.45, 7) is 1.86. The Morgan fingerprint density at radius 3 is 2.92 bits per heavy atom. The van der Waals surface area contributed by atoms with Crippen molar-refractivity contribution in [1.29, 1.82) is 0 Å². The molecule has 8 nitrogen and oxygen atoms in total. The summed E-state index contributed by atoms with van der Waals surface area (Å²) in [7, 11) is 1.91. The Hall–Kier alpha value is -2.59. The highest BCUT2D eigenvalue weighted by Crippen LogP contribution is 2.31. The first-order valence-corrected chi connectivity index (χ1v) is 8.62. The zero-order valence-corrected chi connectivity index (χ0v) is 14.5. The van der Waals surface area contributed by atoms with Crippen molar-refractivity contribution in [2.24, 2.45) is 7.05 Å². The monoisotopic (exact) mass is 356 g/mol. The van der Waals surface area contributed by atoms with Crippen molar-refractivity contribution < 1.29 is 0 Å². The van der Waals surface area contributed by atoms with Gasteiger partial charge in [-0.25, -0.2) is 15.0 Å². The van der Waals surface area contributed by atoms with Gasteiger partial charge in [0.1, 0.15) is 24.3 Å². The van der Waals surface area contributed by atoms with Crippen LogP contribution < -0.4 is 5.32 Å². The molecule has 24 heavy (non-hydrogen) atoms. The third kappa shape index (κ3) is 2.93. The zero-order valence-electron chi connectivity index (χ0n) is 12.8. The summed E-state index contributed by atoms with van der Waals surface area (Å²) in [4.78, 5) is 14.0. The Labute approximate surface area is 145 Å². The molecule has 0 unspecified atom stereocenters. The number of nitrogens with zero attached hydrogens (tertiary/aromatic N) is 7. The molecule has 0 atom stereocenters. The molecular weight excluding hydrogens is 344 g/mol. The first-order valence-electron chi connectivity index (χ1n) is 7.03. The van der Waals surface area contributed by atoms with Crippen LogP contribution >= 0.6 is 23.3 Å².